The summed E-state index contributed by atoms with van der Waals surface area (Å²) in [7, 11) is 0. The molecule has 6 heteroatoms. The minimum Gasteiger partial charge on any atom is -0.354 e. The van der Waals surface area contributed by atoms with E-state index in [0.29, 0.717) is 19.4 Å². The molecule has 1 saturated heterocycles. The Morgan fingerprint density at radius 2 is 1.44 bits per heavy atom. The number of unbranched alkanes of at least 4 members (excludes halogenated alkanes) is 11. The molecule has 0 aromatic rings. The molecule has 5 N–H and O–H groups in total. The molecule has 1 fully saturated rings. The maximum absolute atomic E-state index is 12.8. The van der Waals surface area contributed by atoms with Crippen LogP contribution in [0.15, 0.2) is 0 Å². The lowest BCUT2D eigenvalue weighted by Gasteiger charge is -2.36. The van der Waals surface area contributed by atoms with Crippen LogP contribution in [0.2, 0.25) is 0 Å². The quantitative estimate of drug-likeness (QED) is 0.190. The average Bonchev–Trinajstić information content (AvgIpc) is 2.79. The van der Waals surface area contributed by atoms with Crippen molar-refractivity contribution < 1.29 is 9.59 Å². The van der Waals surface area contributed by atoms with Crippen molar-refractivity contribution in [2.24, 2.45) is 11.5 Å². The van der Waals surface area contributed by atoms with Gasteiger partial charge >= 0.3 is 0 Å². The lowest BCUT2D eigenvalue weighted by atomic mass is 10.0. The molecular formula is C26H52N4O2. The average molecular weight is 453 g/mol. The number of nitrogens with one attached hydrogen (secondary N) is 1. The molecule has 1 rings (SSSR count). The summed E-state index contributed by atoms with van der Waals surface area (Å²) < 4.78 is 0. The summed E-state index contributed by atoms with van der Waals surface area (Å²) in [4.78, 5) is 26.9. The number of nitrogens with two attached hydrogens (primary N) is 2. The van der Waals surface area contributed by atoms with Crippen LogP contribution >= 0.6 is 0 Å². The Kier molecular flexibility index (Phi) is 17.5. The van der Waals surface area contributed by atoms with Crippen LogP contribution in [0.4, 0.5) is 0 Å². The molecule has 1 unspecified atom stereocenters. The molecule has 2 amide bonds. The molecule has 32 heavy (non-hydrogen) atoms. The number of hydrogen-bond donors (Lipinski definition) is 3. The predicted octanol–water partition coefficient (Wildman–Crippen LogP) is 4.99. The molecule has 0 aromatic heterocycles. The molecule has 1 aliphatic heterocycles. The molecule has 0 saturated carbocycles. The van der Waals surface area contributed by atoms with Gasteiger partial charge in [0.05, 0.1) is 6.17 Å². The summed E-state index contributed by atoms with van der Waals surface area (Å²) in [5.41, 5.74) is 11.1. The van der Waals surface area contributed by atoms with Gasteiger partial charge in [0.1, 0.15) is 0 Å². The first-order valence-electron chi connectivity index (χ1n) is 13.6. The van der Waals surface area contributed by atoms with Crippen LogP contribution in [0.25, 0.3) is 0 Å². The molecule has 6 nitrogen and oxygen atoms in total. The summed E-state index contributed by atoms with van der Waals surface area (Å²) in [6, 6.07) is 0.158. The van der Waals surface area contributed by atoms with Gasteiger partial charge in [-0.3, -0.25) is 9.59 Å². The van der Waals surface area contributed by atoms with Crippen molar-refractivity contribution in [1.82, 2.24) is 10.2 Å². The third-order valence-electron chi connectivity index (χ3n) is 6.67. The maximum Gasteiger partial charge on any atom is 0.222 e. The van der Waals surface area contributed by atoms with Gasteiger partial charge in [0.25, 0.3) is 0 Å². The van der Waals surface area contributed by atoms with E-state index in [1.807, 2.05) is 4.90 Å². The van der Waals surface area contributed by atoms with Crippen LogP contribution in [0.5, 0.6) is 0 Å². The van der Waals surface area contributed by atoms with E-state index in [1.54, 1.807) is 0 Å². The molecular weight excluding hydrogens is 400 g/mol. The van der Waals surface area contributed by atoms with E-state index in [2.05, 4.69) is 12.2 Å². The normalized spacial score (nSPS) is 16.5. The van der Waals surface area contributed by atoms with E-state index < -0.39 is 0 Å². The Morgan fingerprint density at radius 1 is 0.844 bits per heavy atom. The number of carbonyl (C=O) groups is 2. The van der Waals surface area contributed by atoms with E-state index in [1.165, 1.54) is 57.8 Å². The van der Waals surface area contributed by atoms with Gasteiger partial charge in [-0.25, -0.2) is 0 Å². The Hall–Kier alpha value is -1.14. The fourth-order valence-corrected chi connectivity index (χ4v) is 4.61. The second-order valence-corrected chi connectivity index (χ2v) is 9.74. The molecule has 1 atom stereocenters. The molecule has 0 aromatic carbocycles. The van der Waals surface area contributed by atoms with Crippen LogP contribution in [0.1, 0.15) is 129 Å². The van der Waals surface area contributed by atoms with Crippen molar-refractivity contribution in [3.05, 3.63) is 0 Å². The van der Waals surface area contributed by atoms with Crippen LogP contribution < -0.4 is 16.8 Å². The van der Waals surface area contributed by atoms with Crippen molar-refractivity contribution in [2.75, 3.05) is 13.1 Å². The second-order valence-electron chi connectivity index (χ2n) is 9.74. The fourth-order valence-electron chi connectivity index (χ4n) is 4.61. The van der Waals surface area contributed by atoms with Crippen LogP contribution in [-0.2, 0) is 9.59 Å². The Bertz CT molecular complexity index is 484. The zero-order valence-corrected chi connectivity index (χ0v) is 20.9. The van der Waals surface area contributed by atoms with Crippen LogP contribution in [0.3, 0.4) is 0 Å². The largest absolute Gasteiger partial charge is 0.354 e. The molecule has 0 aliphatic carbocycles. The second kappa shape index (κ2) is 19.3. The van der Waals surface area contributed by atoms with Gasteiger partial charge in [-0.1, -0.05) is 77.6 Å². The third-order valence-corrected chi connectivity index (χ3v) is 6.67. The van der Waals surface area contributed by atoms with E-state index in [-0.39, 0.29) is 24.0 Å². The smallest absolute Gasteiger partial charge is 0.222 e. The highest BCUT2D eigenvalue weighted by molar-refractivity contribution is 5.77. The minimum absolute atomic E-state index is 0.0685. The highest BCUT2D eigenvalue weighted by Gasteiger charge is 2.26. The molecule has 1 heterocycles. The number of nitrogens with zero attached hydrogens (tertiary/aromatic N) is 1. The van der Waals surface area contributed by atoms with Crippen LogP contribution in [-0.4, -0.2) is 42.0 Å². The first-order valence-corrected chi connectivity index (χ1v) is 13.6. The van der Waals surface area contributed by atoms with Gasteiger partial charge in [0.2, 0.25) is 11.8 Å². The van der Waals surface area contributed by atoms with Gasteiger partial charge in [-0.2, -0.15) is 0 Å². The summed E-state index contributed by atoms with van der Waals surface area (Å²) in [5.74, 6) is 0.343. The number of hydrogen-bond acceptors (Lipinski definition) is 4. The Balaban J connectivity index is 2.12. The first-order chi connectivity index (χ1) is 15.5. The van der Waals surface area contributed by atoms with Gasteiger partial charge in [0.15, 0.2) is 0 Å². The van der Waals surface area contributed by atoms with E-state index >= 15 is 0 Å². The number of piperidine rings is 1. The monoisotopic (exact) mass is 452 g/mol. The SMILES string of the molecule is CCCCCCCCCCCCCC(=O)N1CCCCC1CNC(=O)CCCCC(N)N. The summed E-state index contributed by atoms with van der Waals surface area (Å²) in [6.07, 6.45) is 20.8. The summed E-state index contributed by atoms with van der Waals surface area (Å²) in [5, 5.41) is 3.04. The first kappa shape index (κ1) is 28.9. The highest BCUT2D eigenvalue weighted by Crippen LogP contribution is 2.19. The van der Waals surface area contributed by atoms with Crippen molar-refractivity contribution in [3.8, 4) is 0 Å². The topological polar surface area (TPSA) is 101 Å². The number of rotatable bonds is 19. The maximum atomic E-state index is 12.8. The van der Waals surface area contributed by atoms with E-state index in [0.717, 1.165) is 57.9 Å². The molecule has 0 spiro atoms. The molecule has 188 valence electrons. The van der Waals surface area contributed by atoms with E-state index in [4.69, 9.17) is 11.5 Å². The van der Waals surface area contributed by atoms with Gasteiger partial charge < -0.3 is 21.7 Å². The zero-order chi connectivity index (χ0) is 23.4. The molecule has 0 bridgehead atoms. The van der Waals surface area contributed by atoms with E-state index in [9.17, 15) is 9.59 Å². The Morgan fingerprint density at radius 3 is 2.06 bits per heavy atom. The highest BCUT2D eigenvalue weighted by atomic mass is 16.2. The number of amides is 2. The number of likely N-dealkylation sites (tertiary alicyclic amines) is 1. The summed E-state index contributed by atoms with van der Waals surface area (Å²) >= 11 is 0. The van der Waals surface area contributed by atoms with Crippen LogP contribution in [0, 0.1) is 0 Å². The fraction of sp³-hybridized carbons (Fsp3) is 0.923. The lowest BCUT2D eigenvalue weighted by Crippen LogP contribution is -2.49. The zero-order valence-electron chi connectivity index (χ0n) is 20.9. The Labute approximate surface area is 197 Å². The molecule has 0 radical (unpaired) electrons. The van der Waals surface area contributed by atoms with Crippen molar-refractivity contribution >= 4 is 11.8 Å². The standard InChI is InChI=1S/C26H52N4O2/c1-2-3-4-5-6-7-8-9-10-11-12-20-26(32)30-21-16-15-17-23(30)22-29-25(31)19-14-13-18-24(27)28/h23-24H,2-22,27-28H2,1H3,(H,29,31). The van der Waals surface area contributed by atoms with Gasteiger partial charge in [0, 0.05) is 32.0 Å². The summed E-state index contributed by atoms with van der Waals surface area (Å²) in [6.45, 7) is 3.68. The third kappa shape index (κ3) is 14.8. The van der Waals surface area contributed by atoms with Crippen molar-refractivity contribution in [3.63, 3.8) is 0 Å². The minimum atomic E-state index is -0.291. The van der Waals surface area contributed by atoms with Crippen molar-refractivity contribution in [1.29, 1.82) is 0 Å². The lowest BCUT2D eigenvalue weighted by molar-refractivity contribution is -0.135. The molecule has 1 aliphatic rings. The van der Waals surface area contributed by atoms with Gasteiger partial charge in [-0.15, -0.1) is 0 Å². The predicted molar refractivity (Wildman–Crippen MR) is 134 cm³/mol. The van der Waals surface area contributed by atoms with Gasteiger partial charge in [-0.05, 0) is 38.5 Å². The number of carbonyl (C=O) groups excluding carboxylic acids is 2. The van der Waals surface area contributed by atoms with Crippen molar-refractivity contribution in [2.45, 2.75) is 141 Å².